The smallest absolute Gasteiger partial charge is 0.262 e. The topological polar surface area (TPSA) is 75.6 Å². The Kier molecular flexibility index (Phi) is 2.88. The second kappa shape index (κ2) is 4.33. The molecule has 0 N–H and O–H groups in total. The van der Waals surface area contributed by atoms with Crippen LogP contribution in [0.25, 0.3) is 0 Å². The molecule has 2 heterocycles. The molecule has 0 aliphatic carbocycles. The first kappa shape index (κ1) is 10.6. The van der Waals surface area contributed by atoms with Gasteiger partial charge in [-0.2, -0.15) is 5.26 Å². The number of aromatic nitrogens is 3. The van der Waals surface area contributed by atoms with Crippen LogP contribution in [-0.4, -0.2) is 15.0 Å². The van der Waals surface area contributed by atoms with E-state index in [0.29, 0.717) is 10.2 Å². The number of nitrogens with zero attached hydrogens (tertiary/aromatic N) is 4. The quantitative estimate of drug-likeness (QED) is 0.789. The lowest BCUT2D eigenvalue weighted by molar-refractivity contribution is 0.431. The molecular weight excluding hydrogens is 224 g/mol. The first-order valence-corrected chi connectivity index (χ1v) is 5.35. The van der Waals surface area contributed by atoms with Gasteiger partial charge in [0.2, 0.25) is 0 Å². The van der Waals surface area contributed by atoms with Crippen molar-refractivity contribution in [2.45, 2.75) is 24.1 Å². The third kappa shape index (κ3) is 2.04. The van der Waals surface area contributed by atoms with Crippen LogP contribution < -0.4 is 0 Å². The van der Waals surface area contributed by atoms with Crippen LogP contribution in [0.15, 0.2) is 27.1 Å². The molecule has 0 atom stereocenters. The first-order valence-electron chi connectivity index (χ1n) is 4.53. The lowest BCUT2D eigenvalue weighted by Gasteiger charge is -1.96. The van der Waals surface area contributed by atoms with Crippen molar-refractivity contribution in [3.8, 4) is 6.07 Å². The molecule has 0 bridgehead atoms. The predicted octanol–water partition coefficient (Wildman–Crippen LogP) is 2.10. The van der Waals surface area contributed by atoms with Crippen LogP contribution >= 0.6 is 11.8 Å². The van der Waals surface area contributed by atoms with Gasteiger partial charge in [-0.25, -0.2) is 15.0 Å². The van der Waals surface area contributed by atoms with E-state index in [0.717, 1.165) is 11.5 Å². The standard InChI is InChI=1S/C10H8N4OS/c1-6-7(2)15-10(14-6)16-9-8(5-11)12-3-4-13-9/h3-4H,1-2H3. The fourth-order valence-electron chi connectivity index (χ4n) is 1.05. The molecule has 0 fully saturated rings. The second-order valence-corrected chi connectivity index (χ2v) is 3.99. The van der Waals surface area contributed by atoms with Crippen LogP contribution in [0.1, 0.15) is 17.1 Å². The van der Waals surface area contributed by atoms with E-state index in [1.807, 2.05) is 19.9 Å². The number of hydrogen-bond donors (Lipinski definition) is 0. The molecule has 0 aromatic carbocycles. The van der Waals surface area contributed by atoms with E-state index in [2.05, 4.69) is 15.0 Å². The van der Waals surface area contributed by atoms with Crippen LogP contribution in [0.2, 0.25) is 0 Å². The highest BCUT2D eigenvalue weighted by Crippen LogP contribution is 2.27. The molecule has 5 nitrogen and oxygen atoms in total. The molecule has 0 amide bonds. The molecule has 0 spiro atoms. The molecule has 0 saturated carbocycles. The Balaban J connectivity index is 2.31. The largest absolute Gasteiger partial charge is 0.436 e. The Morgan fingerprint density at radius 2 is 2.06 bits per heavy atom. The molecule has 0 aliphatic rings. The van der Waals surface area contributed by atoms with Crippen molar-refractivity contribution in [1.82, 2.24) is 15.0 Å². The Hall–Kier alpha value is -1.87. The normalized spacial score (nSPS) is 10.1. The van der Waals surface area contributed by atoms with Crippen molar-refractivity contribution < 1.29 is 4.42 Å². The fourth-order valence-corrected chi connectivity index (χ4v) is 1.87. The molecule has 0 radical (unpaired) electrons. The summed E-state index contributed by atoms with van der Waals surface area (Å²) in [6.45, 7) is 3.71. The van der Waals surface area contributed by atoms with E-state index >= 15 is 0 Å². The van der Waals surface area contributed by atoms with E-state index < -0.39 is 0 Å². The van der Waals surface area contributed by atoms with Crippen molar-refractivity contribution in [2.75, 3.05) is 0 Å². The van der Waals surface area contributed by atoms with Gasteiger partial charge in [0.25, 0.3) is 5.22 Å². The van der Waals surface area contributed by atoms with Crippen molar-refractivity contribution in [3.63, 3.8) is 0 Å². The predicted molar refractivity (Wildman–Crippen MR) is 56.8 cm³/mol. The summed E-state index contributed by atoms with van der Waals surface area (Å²) in [5, 5.41) is 9.82. The van der Waals surface area contributed by atoms with Crippen molar-refractivity contribution in [3.05, 3.63) is 29.5 Å². The monoisotopic (exact) mass is 232 g/mol. The summed E-state index contributed by atoms with van der Waals surface area (Å²) >= 11 is 1.20. The number of aryl methyl sites for hydroxylation is 2. The maximum atomic E-state index is 8.84. The van der Waals surface area contributed by atoms with Crippen LogP contribution in [0.5, 0.6) is 0 Å². The van der Waals surface area contributed by atoms with Gasteiger partial charge in [0.15, 0.2) is 5.69 Å². The van der Waals surface area contributed by atoms with Gasteiger partial charge in [-0.1, -0.05) is 0 Å². The summed E-state index contributed by atoms with van der Waals surface area (Å²) in [5.41, 5.74) is 1.12. The highest BCUT2D eigenvalue weighted by atomic mass is 32.2. The van der Waals surface area contributed by atoms with E-state index in [4.69, 9.17) is 9.68 Å². The average Bonchev–Trinajstić information content (AvgIpc) is 2.59. The van der Waals surface area contributed by atoms with Gasteiger partial charge in [-0.05, 0) is 25.6 Å². The molecule has 0 unspecified atom stereocenters. The summed E-state index contributed by atoms with van der Waals surface area (Å²) in [6.07, 6.45) is 3.01. The Morgan fingerprint density at radius 3 is 2.69 bits per heavy atom. The van der Waals surface area contributed by atoms with E-state index in [1.165, 1.54) is 24.2 Å². The highest BCUT2D eigenvalue weighted by molar-refractivity contribution is 7.99. The van der Waals surface area contributed by atoms with Gasteiger partial charge in [0.05, 0.1) is 5.69 Å². The summed E-state index contributed by atoms with van der Waals surface area (Å²) in [7, 11) is 0. The number of nitriles is 1. The number of oxazole rings is 1. The van der Waals surface area contributed by atoms with Crippen molar-refractivity contribution >= 4 is 11.8 Å². The third-order valence-electron chi connectivity index (χ3n) is 1.96. The molecule has 0 aliphatic heterocycles. The maximum Gasteiger partial charge on any atom is 0.262 e. The van der Waals surface area contributed by atoms with Crippen molar-refractivity contribution in [2.24, 2.45) is 0 Å². The number of hydrogen-bond acceptors (Lipinski definition) is 6. The van der Waals surface area contributed by atoms with E-state index in [1.54, 1.807) is 0 Å². The zero-order valence-corrected chi connectivity index (χ0v) is 9.58. The van der Waals surface area contributed by atoms with Gasteiger partial charge in [-0.3, -0.25) is 0 Å². The van der Waals surface area contributed by atoms with Crippen LogP contribution in [0.3, 0.4) is 0 Å². The van der Waals surface area contributed by atoms with E-state index in [9.17, 15) is 0 Å². The fraction of sp³-hybridized carbons (Fsp3) is 0.200. The van der Waals surface area contributed by atoms with E-state index in [-0.39, 0.29) is 5.69 Å². The minimum absolute atomic E-state index is 0.279. The van der Waals surface area contributed by atoms with Gasteiger partial charge in [0, 0.05) is 12.4 Å². The second-order valence-electron chi connectivity index (χ2n) is 3.05. The number of rotatable bonds is 2. The SMILES string of the molecule is Cc1nc(Sc2nccnc2C#N)oc1C. The van der Waals surface area contributed by atoms with Crippen LogP contribution in [-0.2, 0) is 0 Å². The summed E-state index contributed by atoms with van der Waals surface area (Å²) in [4.78, 5) is 12.2. The molecule has 16 heavy (non-hydrogen) atoms. The zero-order valence-electron chi connectivity index (χ0n) is 8.76. The van der Waals surface area contributed by atoms with Crippen LogP contribution in [0, 0.1) is 25.2 Å². The molecule has 0 saturated heterocycles. The van der Waals surface area contributed by atoms with Gasteiger partial charge < -0.3 is 4.42 Å². The zero-order chi connectivity index (χ0) is 11.5. The molecule has 2 rings (SSSR count). The first-order chi connectivity index (χ1) is 7.70. The Labute approximate surface area is 96.6 Å². The lowest BCUT2D eigenvalue weighted by Crippen LogP contribution is -1.89. The third-order valence-corrected chi connectivity index (χ3v) is 2.80. The minimum atomic E-state index is 0.279. The molecule has 6 heteroatoms. The molecule has 2 aromatic heterocycles. The molecular formula is C10H8N4OS. The van der Waals surface area contributed by atoms with Crippen molar-refractivity contribution in [1.29, 1.82) is 5.26 Å². The molecule has 2 aromatic rings. The summed E-state index contributed by atoms with van der Waals surface area (Å²) in [6, 6.07) is 1.97. The maximum absolute atomic E-state index is 8.84. The summed E-state index contributed by atoms with van der Waals surface area (Å²) < 4.78 is 5.39. The minimum Gasteiger partial charge on any atom is -0.436 e. The average molecular weight is 232 g/mol. The summed E-state index contributed by atoms with van der Waals surface area (Å²) in [5.74, 6) is 0.768. The molecule has 80 valence electrons. The highest BCUT2D eigenvalue weighted by Gasteiger charge is 2.12. The van der Waals surface area contributed by atoms with Gasteiger partial charge in [0.1, 0.15) is 16.9 Å². The van der Waals surface area contributed by atoms with Crippen LogP contribution in [0.4, 0.5) is 0 Å². The Bertz CT molecular complexity index is 539. The Morgan fingerprint density at radius 1 is 1.31 bits per heavy atom. The van der Waals surface area contributed by atoms with Gasteiger partial charge >= 0.3 is 0 Å². The lowest BCUT2D eigenvalue weighted by atomic mass is 10.4. The van der Waals surface area contributed by atoms with Gasteiger partial charge in [-0.15, -0.1) is 0 Å².